The molecule has 0 saturated heterocycles. The molecule has 1 aromatic rings. The van der Waals surface area contributed by atoms with Crippen molar-refractivity contribution in [3.05, 3.63) is 0 Å². The molecule has 0 radical (unpaired) electrons. The van der Waals surface area contributed by atoms with Gasteiger partial charge in [0.15, 0.2) is 4.34 Å². The minimum Gasteiger partial charge on any atom is -0.465 e. The Hall–Kier alpha value is -1.19. The molecule has 0 aliphatic carbocycles. The highest BCUT2D eigenvalue weighted by atomic mass is 32.2. The first kappa shape index (κ1) is 14.9. The van der Waals surface area contributed by atoms with Gasteiger partial charge in [-0.3, -0.25) is 14.9 Å². The van der Waals surface area contributed by atoms with Crippen molar-refractivity contribution in [2.24, 2.45) is 5.73 Å². The molecule has 0 unspecified atom stereocenters. The standard InChI is InChI=1S/C9H14N4O3S2/c1-3-16-6(14)4-17-9-13-12-8(18-9)11-7(15)5(2)10/h5H,3-4,10H2,1-2H3,(H,11,12,15)/t5-/m1/s1. The normalized spacial score (nSPS) is 11.9. The zero-order valence-corrected chi connectivity index (χ0v) is 11.6. The van der Waals surface area contributed by atoms with E-state index < -0.39 is 6.04 Å². The van der Waals surface area contributed by atoms with E-state index in [-0.39, 0.29) is 17.6 Å². The van der Waals surface area contributed by atoms with Crippen LogP contribution in [0.25, 0.3) is 0 Å². The smallest absolute Gasteiger partial charge is 0.316 e. The van der Waals surface area contributed by atoms with Crippen LogP contribution in [0.4, 0.5) is 5.13 Å². The predicted octanol–water partition coefficient (Wildman–Crippen LogP) is 0.479. The highest BCUT2D eigenvalue weighted by molar-refractivity contribution is 8.01. The van der Waals surface area contributed by atoms with Gasteiger partial charge in [0.25, 0.3) is 0 Å². The average molecular weight is 290 g/mol. The monoisotopic (exact) mass is 290 g/mol. The van der Waals surface area contributed by atoms with Crippen LogP contribution in [0.1, 0.15) is 13.8 Å². The Balaban J connectivity index is 2.43. The van der Waals surface area contributed by atoms with Crippen molar-refractivity contribution in [1.82, 2.24) is 10.2 Å². The lowest BCUT2D eigenvalue weighted by Gasteiger charge is -2.02. The van der Waals surface area contributed by atoms with Gasteiger partial charge in [0.2, 0.25) is 11.0 Å². The number of aromatic nitrogens is 2. The summed E-state index contributed by atoms with van der Waals surface area (Å²) in [5.41, 5.74) is 5.40. The van der Waals surface area contributed by atoms with Crippen molar-refractivity contribution in [2.45, 2.75) is 24.2 Å². The van der Waals surface area contributed by atoms with Crippen LogP contribution in [-0.2, 0) is 14.3 Å². The van der Waals surface area contributed by atoms with Crippen molar-refractivity contribution in [2.75, 3.05) is 17.7 Å². The number of carbonyl (C=O) groups is 2. The second-order valence-corrected chi connectivity index (χ2v) is 5.44. The Morgan fingerprint density at radius 2 is 2.28 bits per heavy atom. The van der Waals surface area contributed by atoms with Crippen molar-refractivity contribution in [1.29, 1.82) is 0 Å². The number of nitrogens with two attached hydrogens (primary N) is 1. The molecule has 0 aliphatic rings. The number of esters is 1. The Labute approximate surface area is 112 Å². The first-order valence-corrected chi connectivity index (χ1v) is 7.01. The molecular formula is C9H14N4O3S2. The molecule has 9 heteroatoms. The third kappa shape index (κ3) is 4.98. The summed E-state index contributed by atoms with van der Waals surface area (Å²) in [6, 6.07) is -0.607. The molecule has 1 aromatic heterocycles. The SMILES string of the molecule is CCOC(=O)CSc1nnc(NC(=O)[C@@H](C)N)s1. The van der Waals surface area contributed by atoms with Crippen LogP contribution < -0.4 is 11.1 Å². The number of rotatable bonds is 6. The summed E-state index contributed by atoms with van der Waals surface area (Å²) < 4.78 is 5.36. The zero-order valence-electron chi connectivity index (χ0n) is 10.0. The molecule has 7 nitrogen and oxygen atoms in total. The molecular weight excluding hydrogens is 276 g/mol. The maximum atomic E-state index is 11.3. The highest BCUT2D eigenvalue weighted by Crippen LogP contribution is 2.25. The minimum atomic E-state index is -0.607. The summed E-state index contributed by atoms with van der Waals surface area (Å²) in [4.78, 5) is 22.4. The predicted molar refractivity (Wildman–Crippen MR) is 69.5 cm³/mol. The van der Waals surface area contributed by atoms with Gasteiger partial charge in [-0.2, -0.15) is 0 Å². The second kappa shape index (κ2) is 7.29. The highest BCUT2D eigenvalue weighted by Gasteiger charge is 2.12. The molecule has 0 bridgehead atoms. The number of amides is 1. The fourth-order valence-corrected chi connectivity index (χ4v) is 2.41. The van der Waals surface area contributed by atoms with Crippen molar-refractivity contribution in [3.63, 3.8) is 0 Å². The topological polar surface area (TPSA) is 107 Å². The molecule has 0 aliphatic heterocycles. The third-order valence-corrected chi connectivity index (χ3v) is 3.61. The number of carbonyl (C=O) groups excluding carboxylic acids is 2. The van der Waals surface area contributed by atoms with Crippen molar-refractivity contribution in [3.8, 4) is 0 Å². The van der Waals surface area contributed by atoms with E-state index in [1.165, 1.54) is 23.1 Å². The number of hydrogen-bond acceptors (Lipinski definition) is 8. The van der Waals surface area contributed by atoms with Crippen molar-refractivity contribution < 1.29 is 14.3 Å². The van der Waals surface area contributed by atoms with E-state index in [2.05, 4.69) is 15.5 Å². The van der Waals surface area contributed by atoms with E-state index in [0.29, 0.717) is 16.1 Å². The van der Waals surface area contributed by atoms with E-state index in [9.17, 15) is 9.59 Å². The molecule has 0 spiro atoms. The minimum absolute atomic E-state index is 0.170. The largest absolute Gasteiger partial charge is 0.465 e. The molecule has 3 N–H and O–H groups in total. The van der Waals surface area contributed by atoms with Gasteiger partial charge in [-0.25, -0.2) is 0 Å². The number of nitrogens with zero attached hydrogens (tertiary/aromatic N) is 2. The van der Waals surface area contributed by atoms with E-state index in [4.69, 9.17) is 10.5 Å². The van der Waals surface area contributed by atoms with Crippen LogP contribution in [0.5, 0.6) is 0 Å². The Bertz CT molecular complexity index is 422. The van der Waals surface area contributed by atoms with Gasteiger partial charge in [0.1, 0.15) is 0 Å². The quantitative estimate of drug-likeness (QED) is 0.445. The van der Waals surface area contributed by atoms with Gasteiger partial charge in [-0.05, 0) is 13.8 Å². The number of nitrogens with one attached hydrogen (secondary N) is 1. The third-order valence-electron chi connectivity index (χ3n) is 1.67. The summed E-state index contributed by atoms with van der Waals surface area (Å²) in [6.07, 6.45) is 0. The zero-order chi connectivity index (χ0) is 13.5. The number of ether oxygens (including phenoxy) is 1. The molecule has 0 aromatic carbocycles. The average Bonchev–Trinajstić information content (AvgIpc) is 2.74. The second-order valence-electron chi connectivity index (χ2n) is 3.24. The molecule has 1 heterocycles. The molecule has 1 amide bonds. The lowest BCUT2D eigenvalue weighted by molar-refractivity contribution is -0.139. The van der Waals surface area contributed by atoms with Crippen LogP contribution in [0.15, 0.2) is 4.34 Å². The fraction of sp³-hybridized carbons (Fsp3) is 0.556. The van der Waals surface area contributed by atoms with Gasteiger partial charge < -0.3 is 10.5 Å². The van der Waals surface area contributed by atoms with Crippen LogP contribution >= 0.6 is 23.1 Å². The summed E-state index contributed by atoms with van der Waals surface area (Å²) >= 11 is 2.40. The maximum Gasteiger partial charge on any atom is 0.316 e. The fourth-order valence-electron chi connectivity index (χ4n) is 0.861. The van der Waals surface area contributed by atoms with Gasteiger partial charge in [-0.15, -0.1) is 10.2 Å². The van der Waals surface area contributed by atoms with E-state index in [1.54, 1.807) is 13.8 Å². The van der Waals surface area contributed by atoms with Crippen LogP contribution in [0, 0.1) is 0 Å². The number of thioether (sulfide) groups is 1. The van der Waals surface area contributed by atoms with Gasteiger partial charge in [0, 0.05) is 0 Å². The first-order valence-electron chi connectivity index (χ1n) is 5.21. The molecule has 0 fully saturated rings. The molecule has 18 heavy (non-hydrogen) atoms. The van der Waals surface area contributed by atoms with E-state index in [0.717, 1.165) is 0 Å². The molecule has 0 saturated carbocycles. The Morgan fingerprint density at radius 3 is 2.89 bits per heavy atom. The van der Waals surface area contributed by atoms with E-state index >= 15 is 0 Å². The molecule has 100 valence electrons. The first-order chi connectivity index (χ1) is 8.52. The van der Waals surface area contributed by atoms with Gasteiger partial charge in [0.05, 0.1) is 18.4 Å². The van der Waals surface area contributed by atoms with Gasteiger partial charge in [-0.1, -0.05) is 23.1 Å². The lowest BCUT2D eigenvalue weighted by atomic mass is 10.3. The molecule has 1 atom stereocenters. The van der Waals surface area contributed by atoms with Gasteiger partial charge >= 0.3 is 5.97 Å². The number of hydrogen-bond donors (Lipinski definition) is 2. The summed E-state index contributed by atoms with van der Waals surface area (Å²) in [5, 5.41) is 10.5. The lowest BCUT2D eigenvalue weighted by Crippen LogP contribution is -2.32. The maximum absolute atomic E-state index is 11.3. The Morgan fingerprint density at radius 1 is 1.56 bits per heavy atom. The van der Waals surface area contributed by atoms with E-state index in [1.807, 2.05) is 0 Å². The summed E-state index contributed by atoms with van der Waals surface area (Å²) in [7, 11) is 0. The number of anilines is 1. The summed E-state index contributed by atoms with van der Waals surface area (Å²) in [6.45, 7) is 3.67. The van der Waals surface area contributed by atoms with Crippen molar-refractivity contribution >= 4 is 40.1 Å². The van der Waals surface area contributed by atoms with Crippen LogP contribution in [0.2, 0.25) is 0 Å². The molecule has 1 rings (SSSR count). The van der Waals surface area contributed by atoms with Crippen LogP contribution in [0.3, 0.4) is 0 Å². The summed E-state index contributed by atoms with van der Waals surface area (Å²) in [5.74, 6) is -0.462. The Kier molecular flexibility index (Phi) is 6.02. The van der Waals surface area contributed by atoms with Crippen LogP contribution in [-0.4, -0.2) is 40.5 Å².